The molecular formula is C3H5F4NO2S. The Balaban J connectivity index is 4.21. The van der Waals surface area contributed by atoms with Crippen molar-refractivity contribution in [1.29, 1.82) is 0 Å². The van der Waals surface area contributed by atoms with Crippen LogP contribution in [0.4, 0.5) is 17.6 Å². The van der Waals surface area contributed by atoms with E-state index in [9.17, 15) is 26.0 Å². The van der Waals surface area contributed by atoms with Gasteiger partial charge in [-0.05, 0) is 0 Å². The number of hydrogen-bond acceptors (Lipinski definition) is 2. The van der Waals surface area contributed by atoms with Gasteiger partial charge in [0.1, 0.15) is 5.75 Å². The lowest BCUT2D eigenvalue weighted by Crippen LogP contribution is -2.34. The molecule has 0 radical (unpaired) electrons. The van der Waals surface area contributed by atoms with Gasteiger partial charge in [-0.25, -0.2) is 17.9 Å². The lowest BCUT2D eigenvalue weighted by Gasteiger charge is -2.09. The third-order valence-corrected chi connectivity index (χ3v) is 1.49. The molecular weight excluding hydrogens is 190 g/mol. The Labute approximate surface area is 60.2 Å². The zero-order chi connectivity index (χ0) is 9.28. The molecule has 0 saturated heterocycles. The molecule has 0 bridgehead atoms. The van der Waals surface area contributed by atoms with Crippen LogP contribution in [0.3, 0.4) is 0 Å². The first-order valence-corrected chi connectivity index (χ1v) is 4.06. The van der Waals surface area contributed by atoms with Crippen LogP contribution in [-0.2, 0) is 10.0 Å². The Morgan fingerprint density at radius 2 is 1.73 bits per heavy atom. The van der Waals surface area contributed by atoms with Gasteiger partial charge in [-0.15, -0.1) is 0 Å². The Hall–Kier alpha value is -0.370. The zero-order valence-electron chi connectivity index (χ0n) is 5.10. The third-order valence-electron chi connectivity index (χ3n) is 0.734. The molecule has 0 amide bonds. The van der Waals surface area contributed by atoms with Gasteiger partial charge < -0.3 is 0 Å². The van der Waals surface area contributed by atoms with Crippen LogP contribution in [0, 0.1) is 0 Å². The SMILES string of the molecule is NS(=O)(=O)CC(F)C(F)(F)F. The van der Waals surface area contributed by atoms with Crippen molar-refractivity contribution in [2.75, 3.05) is 5.75 Å². The highest BCUT2D eigenvalue weighted by molar-refractivity contribution is 7.89. The predicted molar refractivity (Wildman–Crippen MR) is 28.9 cm³/mol. The molecule has 0 aliphatic heterocycles. The molecule has 8 heteroatoms. The minimum absolute atomic E-state index is 1.73. The maximum atomic E-state index is 11.8. The highest BCUT2D eigenvalue weighted by Crippen LogP contribution is 2.23. The molecule has 0 rings (SSSR count). The smallest absolute Gasteiger partial charge is 0.236 e. The first kappa shape index (κ1) is 10.6. The third kappa shape index (κ3) is 4.96. The topological polar surface area (TPSA) is 60.2 Å². The molecule has 0 fully saturated rings. The molecule has 1 unspecified atom stereocenters. The summed E-state index contributed by atoms with van der Waals surface area (Å²) in [4.78, 5) is 0. The zero-order valence-corrected chi connectivity index (χ0v) is 5.91. The largest absolute Gasteiger partial charge is 0.420 e. The van der Waals surface area contributed by atoms with E-state index in [0.717, 1.165) is 0 Å². The molecule has 11 heavy (non-hydrogen) atoms. The van der Waals surface area contributed by atoms with Crippen LogP contribution in [0.5, 0.6) is 0 Å². The Morgan fingerprint density at radius 3 is 1.82 bits per heavy atom. The predicted octanol–water partition coefficient (Wildman–Crippen LogP) is 0.175. The van der Waals surface area contributed by atoms with E-state index in [2.05, 4.69) is 5.14 Å². The van der Waals surface area contributed by atoms with Crippen molar-refractivity contribution in [3.05, 3.63) is 0 Å². The van der Waals surface area contributed by atoms with Gasteiger partial charge in [0.2, 0.25) is 16.2 Å². The summed E-state index contributed by atoms with van der Waals surface area (Å²) in [5.41, 5.74) is 0. The molecule has 0 aromatic carbocycles. The second-order valence-corrected chi connectivity index (χ2v) is 3.50. The van der Waals surface area contributed by atoms with E-state index in [4.69, 9.17) is 0 Å². The van der Waals surface area contributed by atoms with Gasteiger partial charge in [0.25, 0.3) is 0 Å². The van der Waals surface area contributed by atoms with Crippen molar-refractivity contribution in [1.82, 2.24) is 0 Å². The average molecular weight is 195 g/mol. The maximum Gasteiger partial charge on any atom is 0.420 e. The van der Waals surface area contributed by atoms with Crippen molar-refractivity contribution in [2.45, 2.75) is 12.3 Å². The quantitative estimate of drug-likeness (QED) is 0.638. The molecule has 2 N–H and O–H groups in total. The van der Waals surface area contributed by atoms with Crippen molar-refractivity contribution >= 4 is 10.0 Å². The summed E-state index contributed by atoms with van der Waals surface area (Å²) in [6.45, 7) is 0. The fourth-order valence-corrected chi connectivity index (χ4v) is 0.895. The molecule has 1 atom stereocenters. The monoisotopic (exact) mass is 195 g/mol. The summed E-state index contributed by atoms with van der Waals surface area (Å²) in [5, 5.41) is 4.17. The molecule has 0 saturated carbocycles. The van der Waals surface area contributed by atoms with E-state index in [0.29, 0.717) is 0 Å². The minimum Gasteiger partial charge on any atom is -0.236 e. The minimum atomic E-state index is -5.16. The Bertz CT molecular complexity index is 220. The van der Waals surface area contributed by atoms with Crippen LogP contribution in [-0.4, -0.2) is 26.5 Å². The van der Waals surface area contributed by atoms with Crippen molar-refractivity contribution in [2.24, 2.45) is 5.14 Å². The van der Waals surface area contributed by atoms with Gasteiger partial charge >= 0.3 is 6.18 Å². The number of rotatable bonds is 2. The van der Waals surface area contributed by atoms with Crippen molar-refractivity contribution in [3.63, 3.8) is 0 Å². The number of nitrogens with two attached hydrogens (primary N) is 1. The Kier molecular flexibility index (Phi) is 2.84. The van der Waals surface area contributed by atoms with E-state index in [1.165, 1.54) is 0 Å². The van der Waals surface area contributed by atoms with Gasteiger partial charge in [0.15, 0.2) is 0 Å². The molecule has 0 aliphatic rings. The van der Waals surface area contributed by atoms with Gasteiger partial charge in [-0.2, -0.15) is 13.2 Å². The first-order valence-electron chi connectivity index (χ1n) is 2.34. The van der Waals surface area contributed by atoms with E-state index >= 15 is 0 Å². The number of halogens is 4. The molecule has 3 nitrogen and oxygen atoms in total. The fourth-order valence-electron chi connectivity index (χ4n) is 0.298. The standard InChI is InChI=1S/C3H5F4NO2S/c4-2(3(5,6)7)1-11(8,9)10/h2H,1H2,(H2,8,9,10). The summed E-state index contributed by atoms with van der Waals surface area (Å²) in [6, 6.07) is 0. The van der Waals surface area contributed by atoms with Crippen molar-refractivity contribution < 1.29 is 26.0 Å². The lowest BCUT2D eigenvalue weighted by molar-refractivity contribution is -0.173. The molecule has 0 heterocycles. The second kappa shape index (κ2) is 2.94. The molecule has 0 aromatic rings. The number of hydrogen-bond donors (Lipinski definition) is 1. The van der Waals surface area contributed by atoms with Crippen LogP contribution in [0.2, 0.25) is 0 Å². The summed E-state index contributed by atoms with van der Waals surface area (Å²) in [6.07, 6.45) is -8.57. The van der Waals surface area contributed by atoms with E-state index in [-0.39, 0.29) is 0 Å². The normalized spacial score (nSPS) is 16.5. The summed E-state index contributed by atoms with van der Waals surface area (Å²) < 4.78 is 65.5. The van der Waals surface area contributed by atoms with Gasteiger partial charge in [0.05, 0.1) is 0 Å². The van der Waals surface area contributed by atoms with E-state index in [1.807, 2.05) is 0 Å². The molecule has 68 valence electrons. The fraction of sp³-hybridized carbons (Fsp3) is 1.00. The Morgan fingerprint density at radius 1 is 1.36 bits per heavy atom. The van der Waals surface area contributed by atoms with Crippen LogP contribution in [0.1, 0.15) is 0 Å². The molecule has 0 spiro atoms. The van der Waals surface area contributed by atoms with Gasteiger partial charge in [-0.1, -0.05) is 0 Å². The van der Waals surface area contributed by atoms with Crippen LogP contribution < -0.4 is 5.14 Å². The number of sulfonamides is 1. The summed E-state index contributed by atoms with van der Waals surface area (Å²) >= 11 is 0. The lowest BCUT2D eigenvalue weighted by atomic mass is 10.4. The highest BCUT2D eigenvalue weighted by atomic mass is 32.2. The average Bonchev–Trinajstić information content (AvgIpc) is 1.56. The molecule has 0 aromatic heterocycles. The van der Waals surface area contributed by atoms with Gasteiger partial charge in [-0.3, -0.25) is 0 Å². The highest BCUT2D eigenvalue weighted by Gasteiger charge is 2.42. The summed E-state index contributed by atoms with van der Waals surface area (Å²) in [7, 11) is -4.40. The van der Waals surface area contributed by atoms with Crippen LogP contribution in [0.15, 0.2) is 0 Å². The number of alkyl halides is 4. The summed E-state index contributed by atoms with van der Waals surface area (Å²) in [5.74, 6) is -1.73. The van der Waals surface area contributed by atoms with E-state index in [1.54, 1.807) is 0 Å². The van der Waals surface area contributed by atoms with Crippen LogP contribution >= 0.6 is 0 Å². The number of primary sulfonamides is 1. The van der Waals surface area contributed by atoms with Crippen molar-refractivity contribution in [3.8, 4) is 0 Å². The second-order valence-electron chi connectivity index (χ2n) is 1.84. The van der Waals surface area contributed by atoms with Crippen LogP contribution in [0.25, 0.3) is 0 Å². The molecule has 0 aliphatic carbocycles. The van der Waals surface area contributed by atoms with E-state index < -0.39 is 28.1 Å². The van der Waals surface area contributed by atoms with Gasteiger partial charge in [0, 0.05) is 0 Å². The maximum absolute atomic E-state index is 11.8. The first-order chi connectivity index (χ1) is 4.63.